The standard InChI is InChI=1S/C23H25N3O3/c1-3-14-24-22(28)20-5-4-15-26(20)23(29)18-10-12-19(13-11-18)25-21(27)17-8-6-16(2)7-9-17/h3,6-13,20H,1,4-5,14-15H2,2H3,(H,24,28)(H,25,27)/t20-/m0/s1. The van der Waals surface area contributed by atoms with E-state index < -0.39 is 6.04 Å². The highest BCUT2D eigenvalue weighted by Gasteiger charge is 2.34. The second kappa shape index (κ2) is 9.19. The number of likely N-dealkylation sites (tertiary alicyclic amines) is 1. The molecule has 2 aromatic carbocycles. The van der Waals surface area contributed by atoms with Crippen LogP contribution in [0.15, 0.2) is 61.2 Å². The van der Waals surface area contributed by atoms with E-state index in [4.69, 9.17) is 0 Å². The third-order valence-electron chi connectivity index (χ3n) is 4.94. The number of benzene rings is 2. The summed E-state index contributed by atoms with van der Waals surface area (Å²) in [5, 5.41) is 5.59. The number of anilines is 1. The summed E-state index contributed by atoms with van der Waals surface area (Å²) in [6.45, 7) is 6.49. The average Bonchev–Trinajstić information content (AvgIpc) is 3.22. The highest BCUT2D eigenvalue weighted by molar-refractivity contribution is 6.04. The third kappa shape index (κ3) is 4.90. The van der Waals surface area contributed by atoms with Gasteiger partial charge in [0.25, 0.3) is 11.8 Å². The molecule has 0 radical (unpaired) electrons. The molecule has 1 aliphatic heterocycles. The molecule has 29 heavy (non-hydrogen) atoms. The monoisotopic (exact) mass is 391 g/mol. The minimum absolute atomic E-state index is 0.155. The minimum atomic E-state index is -0.455. The first-order valence-electron chi connectivity index (χ1n) is 9.67. The quantitative estimate of drug-likeness (QED) is 0.743. The zero-order chi connectivity index (χ0) is 20.8. The molecule has 0 aromatic heterocycles. The van der Waals surface area contributed by atoms with E-state index in [0.29, 0.717) is 36.3 Å². The number of hydrogen-bond acceptors (Lipinski definition) is 3. The fourth-order valence-electron chi connectivity index (χ4n) is 3.34. The molecule has 2 aromatic rings. The van der Waals surface area contributed by atoms with Gasteiger partial charge in [0.2, 0.25) is 5.91 Å². The van der Waals surface area contributed by atoms with Gasteiger partial charge in [-0.25, -0.2) is 0 Å². The molecule has 2 N–H and O–H groups in total. The molecule has 0 aliphatic carbocycles. The number of nitrogens with one attached hydrogen (secondary N) is 2. The van der Waals surface area contributed by atoms with Gasteiger partial charge in [-0.15, -0.1) is 6.58 Å². The molecule has 3 rings (SSSR count). The topological polar surface area (TPSA) is 78.5 Å². The molecule has 0 bridgehead atoms. The van der Waals surface area contributed by atoms with E-state index in [1.165, 1.54) is 0 Å². The lowest BCUT2D eigenvalue weighted by molar-refractivity contribution is -0.124. The Hall–Kier alpha value is -3.41. The van der Waals surface area contributed by atoms with Gasteiger partial charge >= 0.3 is 0 Å². The Morgan fingerprint density at radius 3 is 2.38 bits per heavy atom. The van der Waals surface area contributed by atoms with Crippen LogP contribution >= 0.6 is 0 Å². The zero-order valence-electron chi connectivity index (χ0n) is 16.5. The molecule has 0 unspecified atom stereocenters. The highest BCUT2D eigenvalue weighted by Crippen LogP contribution is 2.21. The summed E-state index contributed by atoms with van der Waals surface area (Å²) in [4.78, 5) is 39.1. The Kier molecular flexibility index (Phi) is 6.44. The molecule has 150 valence electrons. The number of amides is 3. The van der Waals surface area contributed by atoms with Gasteiger partial charge in [0, 0.05) is 29.9 Å². The first-order chi connectivity index (χ1) is 14.0. The summed E-state index contributed by atoms with van der Waals surface area (Å²) in [5.74, 6) is -0.544. The maximum Gasteiger partial charge on any atom is 0.255 e. The van der Waals surface area contributed by atoms with Gasteiger partial charge in [-0.05, 0) is 56.2 Å². The number of nitrogens with zero attached hydrogens (tertiary/aromatic N) is 1. The summed E-state index contributed by atoms with van der Waals surface area (Å²) >= 11 is 0. The first-order valence-corrected chi connectivity index (χ1v) is 9.67. The Morgan fingerprint density at radius 1 is 1.07 bits per heavy atom. The van der Waals surface area contributed by atoms with Gasteiger partial charge in [0.15, 0.2) is 0 Å². The lowest BCUT2D eigenvalue weighted by Gasteiger charge is -2.24. The van der Waals surface area contributed by atoms with Crippen LogP contribution < -0.4 is 10.6 Å². The van der Waals surface area contributed by atoms with Crippen LogP contribution in [0.2, 0.25) is 0 Å². The van der Waals surface area contributed by atoms with E-state index in [-0.39, 0.29) is 17.7 Å². The Labute approximate surface area is 170 Å². The van der Waals surface area contributed by atoms with Gasteiger partial charge in [-0.1, -0.05) is 23.8 Å². The van der Waals surface area contributed by atoms with E-state index in [2.05, 4.69) is 17.2 Å². The number of hydrogen-bond donors (Lipinski definition) is 2. The summed E-state index contributed by atoms with van der Waals surface area (Å²) in [6.07, 6.45) is 3.06. The smallest absolute Gasteiger partial charge is 0.255 e. The molecule has 1 saturated heterocycles. The number of rotatable bonds is 6. The van der Waals surface area contributed by atoms with Crippen molar-refractivity contribution in [3.8, 4) is 0 Å². The van der Waals surface area contributed by atoms with Crippen molar-refractivity contribution >= 4 is 23.4 Å². The maximum atomic E-state index is 12.9. The fourth-order valence-corrected chi connectivity index (χ4v) is 3.34. The van der Waals surface area contributed by atoms with Gasteiger partial charge in [0.05, 0.1) is 0 Å². The lowest BCUT2D eigenvalue weighted by atomic mass is 10.1. The normalized spacial score (nSPS) is 15.6. The Balaban J connectivity index is 1.65. The number of aryl methyl sites for hydroxylation is 1. The summed E-state index contributed by atoms with van der Waals surface area (Å²) < 4.78 is 0. The zero-order valence-corrected chi connectivity index (χ0v) is 16.5. The van der Waals surface area contributed by atoms with Crippen molar-refractivity contribution in [3.63, 3.8) is 0 Å². The van der Waals surface area contributed by atoms with Crippen molar-refractivity contribution < 1.29 is 14.4 Å². The molecule has 1 fully saturated rings. The van der Waals surface area contributed by atoms with Gasteiger partial charge < -0.3 is 15.5 Å². The van der Waals surface area contributed by atoms with Gasteiger partial charge in [-0.2, -0.15) is 0 Å². The highest BCUT2D eigenvalue weighted by atomic mass is 16.2. The average molecular weight is 391 g/mol. The first kappa shape index (κ1) is 20.3. The molecule has 3 amide bonds. The molecule has 1 atom stereocenters. The summed E-state index contributed by atoms with van der Waals surface area (Å²) in [5.41, 5.74) is 2.75. The SMILES string of the molecule is C=CCNC(=O)[C@@H]1CCCN1C(=O)c1ccc(NC(=O)c2ccc(C)cc2)cc1. The summed E-state index contributed by atoms with van der Waals surface area (Å²) in [6, 6.07) is 13.6. The van der Waals surface area contributed by atoms with Crippen LogP contribution in [0, 0.1) is 6.92 Å². The second-order valence-corrected chi connectivity index (χ2v) is 7.09. The van der Waals surface area contributed by atoms with Crippen LogP contribution in [0.25, 0.3) is 0 Å². The molecule has 1 aliphatic rings. The van der Waals surface area contributed by atoms with Crippen LogP contribution in [-0.2, 0) is 4.79 Å². The molecule has 0 spiro atoms. The van der Waals surface area contributed by atoms with Crippen LogP contribution in [0.1, 0.15) is 39.1 Å². The van der Waals surface area contributed by atoms with E-state index >= 15 is 0 Å². The van der Waals surface area contributed by atoms with Crippen LogP contribution in [0.4, 0.5) is 5.69 Å². The lowest BCUT2D eigenvalue weighted by Crippen LogP contribution is -2.46. The van der Waals surface area contributed by atoms with Crippen molar-refractivity contribution in [1.29, 1.82) is 0 Å². The largest absolute Gasteiger partial charge is 0.351 e. The second-order valence-electron chi connectivity index (χ2n) is 7.09. The maximum absolute atomic E-state index is 12.9. The molecular formula is C23H25N3O3. The minimum Gasteiger partial charge on any atom is -0.351 e. The van der Waals surface area contributed by atoms with Gasteiger partial charge in [-0.3, -0.25) is 14.4 Å². The Bertz CT molecular complexity index is 904. The third-order valence-corrected chi connectivity index (χ3v) is 4.94. The van der Waals surface area contributed by atoms with Crippen LogP contribution in [0.3, 0.4) is 0 Å². The number of carbonyl (C=O) groups is 3. The molecule has 6 heteroatoms. The summed E-state index contributed by atoms with van der Waals surface area (Å²) in [7, 11) is 0. The van der Waals surface area contributed by atoms with Crippen molar-refractivity contribution in [2.24, 2.45) is 0 Å². The van der Waals surface area contributed by atoms with Crippen molar-refractivity contribution in [2.75, 3.05) is 18.4 Å². The van der Waals surface area contributed by atoms with Gasteiger partial charge in [0.1, 0.15) is 6.04 Å². The molecule has 0 saturated carbocycles. The van der Waals surface area contributed by atoms with E-state index in [1.807, 2.05) is 19.1 Å². The van der Waals surface area contributed by atoms with Crippen molar-refractivity contribution in [3.05, 3.63) is 77.9 Å². The van der Waals surface area contributed by atoms with Crippen molar-refractivity contribution in [1.82, 2.24) is 10.2 Å². The molecule has 1 heterocycles. The Morgan fingerprint density at radius 2 is 1.72 bits per heavy atom. The molecule has 6 nitrogen and oxygen atoms in total. The number of carbonyl (C=O) groups excluding carboxylic acids is 3. The fraction of sp³-hybridized carbons (Fsp3) is 0.261. The van der Waals surface area contributed by atoms with Crippen LogP contribution in [0.5, 0.6) is 0 Å². The predicted octanol–water partition coefficient (Wildman–Crippen LogP) is 3.15. The van der Waals surface area contributed by atoms with Crippen LogP contribution in [-0.4, -0.2) is 41.8 Å². The molecular weight excluding hydrogens is 366 g/mol. The van der Waals surface area contributed by atoms with E-state index in [0.717, 1.165) is 12.0 Å². The predicted molar refractivity (Wildman–Crippen MR) is 113 cm³/mol. The van der Waals surface area contributed by atoms with E-state index in [1.54, 1.807) is 47.4 Å². The van der Waals surface area contributed by atoms with E-state index in [9.17, 15) is 14.4 Å². The van der Waals surface area contributed by atoms with Crippen molar-refractivity contribution in [2.45, 2.75) is 25.8 Å².